The first-order valence-corrected chi connectivity index (χ1v) is 17.2. The summed E-state index contributed by atoms with van der Waals surface area (Å²) in [5, 5.41) is 43.7. The molecule has 0 radical (unpaired) electrons. The lowest BCUT2D eigenvalue weighted by Gasteiger charge is -2.56. The monoisotopic (exact) mass is 676 g/mol. The van der Waals surface area contributed by atoms with E-state index in [2.05, 4.69) is 5.73 Å². The van der Waals surface area contributed by atoms with Gasteiger partial charge in [-0.05, 0) is 82.4 Å². The van der Waals surface area contributed by atoms with E-state index in [-0.39, 0.29) is 36.1 Å². The third-order valence-electron chi connectivity index (χ3n) is 9.85. The Bertz CT molecular complexity index is 1470. The van der Waals surface area contributed by atoms with E-state index in [1.165, 1.54) is 13.8 Å². The zero-order valence-electron chi connectivity index (χ0n) is 31.6. The minimum absolute atomic E-state index is 0.0198. The van der Waals surface area contributed by atoms with Crippen LogP contribution < -0.4 is 0 Å². The minimum Gasteiger partial charge on any atom is -0.462 e. The third-order valence-corrected chi connectivity index (χ3v) is 9.85. The van der Waals surface area contributed by atoms with Crippen molar-refractivity contribution in [2.24, 2.45) is 10.8 Å². The average Bonchev–Trinajstić information content (AvgIpc) is 2.92. The van der Waals surface area contributed by atoms with Crippen molar-refractivity contribution in [2.45, 2.75) is 137 Å². The van der Waals surface area contributed by atoms with Gasteiger partial charge in [-0.3, -0.25) is 9.59 Å². The number of hydrogen-bond donors (Lipinski definition) is 4. The number of aliphatic hydroxyl groups is 4. The third kappa shape index (κ3) is 11.6. The molecular weight excluding hydrogens is 616 g/mol. The fourth-order valence-electron chi connectivity index (χ4n) is 7.22. The molecule has 7 heteroatoms. The Kier molecular flexibility index (Phi) is 14.2. The van der Waals surface area contributed by atoms with Gasteiger partial charge < -0.3 is 25.2 Å². The first-order chi connectivity index (χ1) is 22.4. The van der Waals surface area contributed by atoms with Crippen LogP contribution in [-0.4, -0.2) is 61.2 Å². The smallest absolute Gasteiger partial charge is 0.302 e. The van der Waals surface area contributed by atoms with E-state index in [0.29, 0.717) is 24.8 Å². The molecule has 7 nitrogen and oxygen atoms in total. The van der Waals surface area contributed by atoms with E-state index in [1.807, 2.05) is 89.3 Å². The summed E-state index contributed by atoms with van der Waals surface area (Å²) in [4.78, 5) is 24.5. The number of esters is 1. The maximum absolute atomic E-state index is 13.0. The van der Waals surface area contributed by atoms with Gasteiger partial charge in [0.1, 0.15) is 11.7 Å². The van der Waals surface area contributed by atoms with Gasteiger partial charge >= 0.3 is 5.97 Å². The molecule has 4 N–H and O–H groups in total. The van der Waals surface area contributed by atoms with Crippen molar-refractivity contribution in [3.63, 3.8) is 0 Å². The molecule has 5 atom stereocenters. The number of hydrogen-bond acceptors (Lipinski definition) is 7. The van der Waals surface area contributed by atoms with Crippen LogP contribution in [0.5, 0.6) is 0 Å². The molecular formula is C42H60O7. The number of ketones is 1. The maximum atomic E-state index is 13.0. The van der Waals surface area contributed by atoms with Gasteiger partial charge in [-0.1, -0.05) is 99.6 Å². The van der Waals surface area contributed by atoms with Crippen LogP contribution >= 0.6 is 0 Å². The highest BCUT2D eigenvalue weighted by Crippen LogP contribution is 2.51. The second kappa shape index (κ2) is 16.6. The minimum atomic E-state index is -1.66. The molecule has 0 amide bonds. The van der Waals surface area contributed by atoms with E-state index in [0.717, 1.165) is 22.3 Å². The highest BCUT2D eigenvalue weighted by Gasteiger charge is 2.60. The topological polar surface area (TPSA) is 124 Å². The van der Waals surface area contributed by atoms with Crippen LogP contribution in [0, 0.1) is 10.8 Å². The van der Waals surface area contributed by atoms with Crippen molar-refractivity contribution < 1.29 is 34.8 Å². The van der Waals surface area contributed by atoms with Crippen molar-refractivity contribution >= 4 is 11.8 Å². The van der Waals surface area contributed by atoms with Gasteiger partial charge in [0.25, 0.3) is 0 Å². The fraction of sp³-hybridized carbons (Fsp3) is 0.548. The Morgan fingerprint density at radius 1 is 0.755 bits per heavy atom. The quantitative estimate of drug-likeness (QED) is 0.0767. The van der Waals surface area contributed by atoms with Gasteiger partial charge in [-0.25, -0.2) is 0 Å². The Morgan fingerprint density at radius 3 is 1.80 bits per heavy atom. The molecule has 0 heterocycles. The SMILES string of the molecule is CC(=O)OC1CC(C)(C)C(=C=CC(C)=CC=CC(C)=CC=CC=C(C)C=CC=C(C)C(=O)CC2(O)C(C)(C)CC(O)CC2(C)O)C(C)(O)C1. The number of ether oxygens (including phenoxy) is 1. The molecule has 270 valence electrons. The first-order valence-electron chi connectivity index (χ1n) is 17.2. The van der Waals surface area contributed by atoms with Crippen LogP contribution in [0.1, 0.15) is 108 Å². The molecule has 2 rings (SSSR count). The molecule has 49 heavy (non-hydrogen) atoms. The summed E-state index contributed by atoms with van der Waals surface area (Å²) in [7, 11) is 0. The highest BCUT2D eigenvalue weighted by atomic mass is 16.5. The molecule has 0 bridgehead atoms. The number of allylic oxidation sites excluding steroid dienone is 14. The van der Waals surface area contributed by atoms with Gasteiger partial charge in [0.05, 0.1) is 17.3 Å². The lowest BCUT2D eigenvalue weighted by molar-refractivity contribution is -0.243. The summed E-state index contributed by atoms with van der Waals surface area (Å²) in [5.74, 6) is -0.584. The van der Waals surface area contributed by atoms with Gasteiger partial charge in [0, 0.05) is 31.8 Å². The van der Waals surface area contributed by atoms with Crippen molar-refractivity contribution in [3.8, 4) is 0 Å². The highest BCUT2D eigenvalue weighted by molar-refractivity contribution is 5.96. The molecule has 0 spiro atoms. The van der Waals surface area contributed by atoms with Crippen molar-refractivity contribution in [3.05, 3.63) is 100 Å². The van der Waals surface area contributed by atoms with Crippen LogP contribution in [0.4, 0.5) is 0 Å². The molecule has 5 unspecified atom stereocenters. The molecule has 0 aliphatic heterocycles. The van der Waals surface area contributed by atoms with Crippen molar-refractivity contribution in [1.29, 1.82) is 0 Å². The Labute approximate surface area is 294 Å². The molecule has 0 aromatic heterocycles. The maximum Gasteiger partial charge on any atom is 0.302 e. The summed E-state index contributed by atoms with van der Waals surface area (Å²) in [5.41, 5.74) is 2.07. The molecule has 0 saturated heterocycles. The van der Waals surface area contributed by atoms with E-state index < -0.39 is 28.3 Å². The van der Waals surface area contributed by atoms with Gasteiger partial charge in [-0.15, -0.1) is 5.73 Å². The van der Waals surface area contributed by atoms with Gasteiger partial charge in [0.15, 0.2) is 5.78 Å². The zero-order valence-corrected chi connectivity index (χ0v) is 31.6. The van der Waals surface area contributed by atoms with Crippen molar-refractivity contribution in [1.82, 2.24) is 0 Å². The fourth-order valence-corrected chi connectivity index (χ4v) is 7.22. The Hall–Kier alpha value is -3.32. The zero-order chi connectivity index (χ0) is 37.4. The molecule has 0 aromatic rings. The lowest BCUT2D eigenvalue weighted by atomic mass is 9.56. The summed E-state index contributed by atoms with van der Waals surface area (Å²) in [6.07, 6.45) is 21.1. The second-order valence-electron chi connectivity index (χ2n) is 15.8. The normalized spacial score (nSPS) is 31.4. The van der Waals surface area contributed by atoms with E-state index >= 15 is 0 Å². The first kappa shape index (κ1) is 41.8. The van der Waals surface area contributed by atoms with Gasteiger partial charge in [0.2, 0.25) is 0 Å². The predicted molar refractivity (Wildman–Crippen MR) is 197 cm³/mol. The number of rotatable bonds is 11. The summed E-state index contributed by atoms with van der Waals surface area (Å²) in [6.45, 7) is 19.9. The van der Waals surface area contributed by atoms with Crippen LogP contribution in [0.15, 0.2) is 100 Å². The molecule has 0 aromatic carbocycles. The Morgan fingerprint density at radius 2 is 1.29 bits per heavy atom. The molecule has 2 aliphatic rings. The van der Waals surface area contributed by atoms with E-state index in [1.54, 1.807) is 39.8 Å². The van der Waals surface area contributed by atoms with E-state index in [4.69, 9.17) is 4.74 Å². The van der Waals surface area contributed by atoms with Crippen molar-refractivity contribution in [2.75, 3.05) is 0 Å². The largest absolute Gasteiger partial charge is 0.462 e. The number of carbonyl (C=O) groups is 2. The average molecular weight is 677 g/mol. The lowest BCUT2D eigenvalue weighted by Crippen LogP contribution is -2.66. The Balaban J connectivity index is 2.00. The number of aliphatic hydroxyl groups excluding tert-OH is 1. The number of carbonyl (C=O) groups excluding carboxylic acids is 2. The summed E-state index contributed by atoms with van der Waals surface area (Å²) >= 11 is 0. The van der Waals surface area contributed by atoms with Crippen LogP contribution in [0.25, 0.3) is 0 Å². The predicted octanol–water partition coefficient (Wildman–Crippen LogP) is 7.65. The summed E-state index contributed by atoms with van der Waals surface area (Å²) in [6, 6.07) is 0. The molecule has 2 fully saturated rings. The molecule has 2 aliphatic carbocycles. The molecule has 2 saturated carbocycles. The van der Waals surface area contributed by atoms with Crippen LogP contribution in [0.2, 0.25) is 0 Å². The number of Topliss-reactive ketones (excluding diaryl/α,β-unsaturated/α-hetero) is 1. The second-order valence-corrected chi connectivity index (χ2v) is 15.8. The van der Waals surface area contributed by atoms with E-state index in [9.17, 15) is 30.0 Å². The standard InChI is InChI=1S/C42H60O7/c1-29(18-14-19-31(3)22-23-37-38(6,7)26-35(49-33(5)43)27-40(37,10)46)16-12-13-17-30(2)20-15-21-32(4)36(45)28-42(48)39(8,9)24-34(44)25-41(42,11)47/h12-22,34-35,44,46-48H,24-28H2,1-11H3. The van der Waals surface area contributed by atoms with Crippen LogP contribution in [-0.2, 0) is 14.3 Å². The summed E-state index contributed by atoms with van der Waals surface area (Å²) < 4.78 is 5.41. The van der Waals surface area contributed by atoms with Crippen LogP contribution in [0.3, 0.4) is 0 Å². The van der Waals surface area contributed by atoms with Gasteiger partial charge in [-0.2, -0.15) is 0 Å².